The molecule has 108 valence electrons. The molecule has 0 spiro atoms. The van der Waals surface area contributed by atoms with Crippen molar-refractivity contribution in [2.75, 3.05) is 33.2 Å². The lowest BCUT2D eigenvalue weighted by Gasteiger charge is -2.44. The Hall–Kier alpha value is -0.120. The van der Waals surface area contributed by atoms with Crippen LogP contribution >= 0.6 is 0 Å². The van der Waals surface area contributed by atoms with Crippen LogP contribution in [0.25, 0.3) is 0 Å². The monoisotopic (exact) mass is 255 g/mol. The lowest BCUT2D eigenvalue weighted by atomic mass is 10.0. The van der Waals surface area contributed by atoms with Crippen molar-refractivity contribution >= 4 is 0 Å². The zero-order chi connectivity index (χ0) is 13.7. The van der Waals surface area contributed by atoms with Gasteiger partial charge in [-0.1, -0.05) is 20.8 Å². The van der Waals surface area contributed by atoms with E-state index in [-0.39, 0.29) is 0 Å². The van der Waals surface area contributed by atoms with Gasteiger partial charge in [-0.3, -0.25) is 9.80 Å². The molecular weight excluding hydrogens is 222 g/mol. The molecule has 1 saturated heterocycles. The number of nitrogens with zero attached hydrogens (tertiary/aromatic N) is 2. The Labute approximate surface area is 114 Å². The predicted octanol–water partition coefficient (Wildman–Crippen LogP) is 2.03. The minimum absolute atomic E-state index is 0.632. The number of nitrogens with one attached hydrogen (secondary N) is 1. The van der Waals surface area contributed by atoms with Crippen molar-refractivity contribution in [2.24, 2.45) is 5.92 Å². The maximum atomic E-state index is 3.70. The lowest BCUT2D eigenvalue weighted by Crippen LogP contribution is -2.57. The quantitative estimate of drug-likeness (QED) is 0.783. The van der Waals surface area contributed by atoms with Crippen molar-refractivity contribution in [2.45, 2.75) is 59.2 Å². The van der Waals surface area contributed by atoms with Crippen molar-refractivity contribution in [3.63, 3.8) is 0 Å². The van der Waals surface area contributed by atoms with Gasteiger partial charge in [0.15, 0.2) is 0 Å². The molecule has 0 aromatic rings. The van der Waals surface area contributed by atoms with Crippen LogP contribution in [0.15, 0.2) is 0 Å². The van der Waals surface area contributed by atoms with Crippen LogP contribution < -0.4 is 5.32 Å². The van der Waals surface area contributed by atoms with E-state index in [0.29, 0.717) is 24.0 Å². The normalized spacial score (nSPS) is 28.8. The van der Waals surface area contributed by atoms with Crippen molar-refractivity contribution in [1.82, 2.24) is 15.1 Å². The van der Waals surface area contributed by atoms with E-state index in [1.807, 2.05) is 0 Å². The van der Waals surface area contributed by atoms with E-state index >= 15 is 0 Å². The molecule has 3 nitrogen and oxygen atoms in total. The van der Waals surface area contributed by atoms with Gasteiger partial charge < -0.3 is 5.32 Å². The summed E-state index contributed by atoms with van der Waals surface area (Å²) in [5, 5.41) is 3.70. The minimum atomic E-state index is 0.632. The molecule has 3 unspecified atom stereocenters. The Kier molecular flexibility index (Phi) is 6.61. The van der Waals surface area contributed by atoms with Gasteiger partial charge in [-0.2, -0.15) is 0 Å². The second-order valence-electron chi connectivity index (χ2n) is 6.39. The lowest BCUT2D eigenvalue weighted by molar-refractivity contribution is 0.0508. The van der Waals surface area contributed by atoms with Crippen molar-refractivity contribution in [3.8, 4) is 0 Å². The second-order valence-corrected chi connectivity index (χ2v) is 6.39. The molecule has 3 heteroatoms. The summed E-state index contributed by atoms with van der Waals surface area (Å²) in [6.07, 6.45) is 1.22. The van der Waals surface area contributed by atoms with Gasteiger partial charge in [0.25, 0.3) is 0 Å². The molecule has 1 aliphatic rings. The fourth-order valence-corrected chi connectivity index (χ4v) is 2.78. The molecule has 0 aromatic heterocycles. The molecule has 1 rings (SSSR count). The molecular formula is C15H33N3. The van der Waals surface area contributed by atoms with Crippen molar-refractivity contribution in [1.29, 1.82) is 0 Å². The third-order valence-electron chi connectivity index (χ3n) is 4.35. The van der Waals surface area contributed by atoms with Gasteiger partial charge in [-0.25, -0.2) is 0 Å². The van der Waals surface area contributed by atoms with Crippen LogP contribution in [-0.4, -0.2) is 61.2 Å². The number of likely N-dealkylation sites (N-methyl/N-ethyl adjacent to an activating group) is 1. The highest BCUT2D eigenvalue weighted by molar-refractivity contribution is 4.85. The van der Waals surface area contributed by atoms with Gasteiger partial charge in [0, 0.05) is 37.8 Å². The first-order valence-electron chi connectivity index (χ1n) is 7.63. The third kappa shape index (κ3) is 4.52. The first-order valence-corrected chi connectivity index (χ1v) is 7.63. The average Bonchev–Trinajstić information content (AvgIpc) is 2.30. The van der Waals surface area contributed by atoms with Gasteiger partial charge in [-0.05, 0) is 39.8 Å². The first-order chi connectivity index (χ1) is 8.45. The standard InChI is InChI=1S/C15H33N3/c1-7-8-16-15(12(2)3)11-18-9-13(4)17(6)14(5)10-18/h12-16H,7-11H2,1-6H3. The molecule has 1 aliphatic heterocycles. The summed E-state index contributed by atoms with van der Waals surface area (Å²) in [5.41, 5.74) is 0. The molecule has 1 fully saturated rings. The number of hydrogen-bond donors (Lipinski definition) is 1. The number of hydrogen-bond acceptors (Lipinski definition) is 3. The Morgan fingerprint density at radius 2 is 1.72 bits per heavy atom. The summed E-state index contributed by atoms with van der Waals surface area (Å²) in [5.74, 6) is 0.710. The van der Waals surface area contributed by atoms with E-state index < -0.39 is 0 Å². The largest absolute Gasteiger partial charge is 0.312 e. The zero-order valence-corrected chi connectivity index (χ0v) is 13.2. The summed E-state index contributed by atoms with van der Waals surface area (Å²) in [6, 6.07) is 1.98. The second kappa shape index (κ2) is 7.46. The van der Waals surface area contributed by atoms with Gasteiger partial charge in [0.05, 0.1) is 0 Å². The molecule has 0 radical (unpaired) electrons. The molecule has 0 aliphatic carbocycles. The first kappa shape index (κ1) is 15.9. The summed E-state index contributed by atoms with van der Waals surface area (Å²) in [7, 11) is 2.25. The van der Waals surface area contributed by atoms with E-state index in [4.69, 9.17) is 0 Å². The fraction of sp³-hybridized carbons (Fsp3) is 1.00. The molecule has 0 amide bonds. The van der Waals surface area contributed by atoms with Crippen molar-refractivity contribution < 1.29 is 0 Å². The molecule has 18 heavy (non-hydrogen) atoms. The molecule has 3 atom stereocenters. The molecule has 0 saturated carbocycles. The average molecular weight is 255 g/mol. The third-order valence-corrected chi connectivity index (χ3v) is 4.35. The SMILES string of the molecule is CCCNC(CN1CC(C)N(C)C(C)C1)C(C)C. The predicted molar refractivity (Wildman–Crippen MR) is 80.0 cm³/mol. The highest BCUT2D eigenvalue weighted by Gasteiger charge is 2.28. The Bertz CT molecular complexity index is 218. The van der Waals surface area contributed by atoms with Crippen LogP contribution in [0.3, 0.4) is 0 Å². The fourth-order valence-electron chi connectivity index (χ4n) is 2.78. The van der Waals surface area contributed by atoms with Crippen LogP contribution in [0.5, 0.6) is 0 Å². The van der Waals surface area contributed by atoms with Crippen molar-refractivity contribution in [3.05, 3.63) is 0 Å². The molecule has 1 N–H and O–H groups in total. The number of piperazine rings is 1. The van der Waals surface area contributed by atoms with Crippen LogP contribution in [0, 0.1) is 5.92 Å². The van der Waals surface area contributed by atoms with Gasteiger partial charge >= 0.3 is 0 Å². The maximum Gasteiger partial charge on any atom is 0.0217 e. The van der Waals surface area contributed by atoms with Crippen LogP contribution in [-0.2, 0) is 0 Å². The Balaban J connectivity index is 2.48. The topological polar surface area (TPSA) is 18.5 Å². The van der Waals surface area contributed by atoms with Crippen LogP contribution in [0.1, 0.15) is 41.0 Å². The smallest absolute Gasteiger partial charge is 0.0217 e. The van der Waals surface area contributed by atoms with Gasteiger partial charge in [-0.15, -0.1) is 0 Å². The van der Waals surface area contributed by atoms with E-state index in [2.05, 4.69) is 56.8 Å². The zero-order valence-electron chi connectivity index (χ0n) is 13.2. The highest BCUT2D eigenvalue weighted by Crippen LogP contribution is 2.15. The van der Waals surface area contributed by atoms with Crippen LogP contribution in [0.4, 0.5) is 0 Å². The van der Waals surface area contributed by atoms with E-state index in [9.17, 15) is 0 Å². The summed E-state index contributed by atoms with van der Waals surface area (Å²) >= 11 is 0. The Morgan fingerprint density at radius 1 is 1.17 bits per heavy atom. The highest BCUT2D eigenvalue weighted by atomic mass is 15.3. The maximum absolute atomic E-state index is 3.70. The van der Waals surface area contributed by atoms with E-state index in [1.54, 1.807) is 0 Å². The van der Waals surface area contributed by atoms with Gasteiger partial charge in [0.2, 0.25) is 0 Å². The molecule has 1 heterocycles. The summed E-state index contributed by atoms with van der Waals surface area (Å²) in [6.45, 7) is 16.3. The minimum Gasteiger partial charge on any atom is -0.312 e. The summed E-state index contributed by atoms with van der Waals surface area (Å²) < 4.78 is 0. The van der Waals surface area contributed by atoms with Gasteiger partial charge in [0.1, 0.15) is 0 Å². The molecule has 0 bridgehead atoms. The van der Waals surface area contributed by atoms with E-state index in [1.165, 1.54) is 26.1 Å². The molecule has 0 aromatic carbocycles. The summed E-state index contributed by atoms with van der Waals surface area (Å²) in [4.78, 5) is 5.14. The van der Waals surface area contributed by atoms with Crippen LogP contribution in [0.2, 0.25) is 0 Å². The Morgan fingerprint density at radius 3 is 2.17 bits per heavy atom. The number of rotatable bonds is 6. The van der Waals surface area contributed by atoms with E-state index in [0.717, 1.165) is 6.54 Å².